The predicted octanol–water partition coefficient (Wildman–Crippen LogP) is 4.72. The number of benzene rings is 1. The van der Waals surface area contributed by atoms with Crippen molar-refractivity contribution in [3.63, 3.8) is 0 Å². The van der Waals surface area contributed by atoms with Crippen LogP contribution in [0.15, 0.2) is 30.3 Å². The fourth-order valence-electron chi connectivity index (χ4n) is 0.415. The summed E-state index contributed by atoms with van der Waals surface area (Å²) in [5.41, 5.74) is 0. The highest BCUT2D eigenvalue weighted by molar-refractivity contribution is 6.67. The fraction of sp³-hybridized carbons (Fsp3) is 0.250. The van der Waals surface area contributed by atoms with E-state index in [2.05, 4.69) is 0 Å². The Bertz CT molecular complexity index is 196. The van der Waals surface area contributed by atoms with Crippen LogP contribution in [0.3, 0.4) is 0 Å². The molecule has 0 heterocycles. The molecule has 4 heteroatoms. The van der Waals surface area contributed by atoms with Gasteiger partial charge in [-0.3, -0.25) is 0 Å². The van der Waals surface area contributed by atoms with Crippen LogP contribution in [0, 0.1) is 0 Å². The molecule has 0 saturated heterocycles. The van der Waals surface area contributed by atoms with Crippen molar-refractivity contribution in [2.45, 2.75) is 10.7 Å². The molecule has 0 nitrogen and oxygen atoms in total. The van der Waals surface area contributed by atoms with Gasteiger partial charge in [0.15, 0.2) is 3.79 Å². The Morgan fingerprint density at radius 1 is 1.00 bits per heavy atom. The van der Waals surface area contributed by atoms with Crippen LogP contribution in [0.4, 0.5) is 0 Å². The Hall–Kier alpha value is 0.380. The van der Waals surface area contributed by atoms with E-state index in [0.717, 1.165) is 5.02 Å². The van der Waals surface area contributed by atoms with Crippen molar-refractivity contribution in [2.75, 3.05) is 0 Å². The zero-order chi connectivity index (χ0) is 9.61. The van der Waals surface area contributed by atoms with E-state index in [1.54, 1.807) is 0 Å². The highest BCUT2D eigenvalue weighted by Crippen LogP contribution is 2.23. The van der Waals surface area contributed by atoms with Gasteiger partial charge in [0.1, 0.15) is 0 Å². The second-order valence-corrected chi connectivity index (χ2v) is 5.36. The summed E-state index contributed by atoms with van der Waals surface area (Å²) in [6, 6.07) is 9.44. The molecule has 0 aliphatic carbocycles. The first-order valence-electron chi connectivity index (χ1n) is 3.17. The molecule has 0 fully saturated rings. The van der Waals surface area contributed by atoms with Crippen LogP contribution in [0.25, 0.3) is 0 Å². The monoisotopic (exact) mass is 244 g/mol. The Morgan fingerprint density at radius 2 is 1.33 bits per heavy atom. The lowest BCUT2D eigenvalue weighted by Crippen LogP contribution is -1.87. The van der Waals surface area contributed by atoms with Crippen molar-refractivity contribution in [3.05, 3.63) is 35.4 Å². The highest BCUT2D eigenvalue weighted by atomic mass is 35.6. The molecular formula is C8H8Cl4. The van der Waals surface area contributed by atoms with Gasteiger partial charge >= 0.3 is 0 Å². The van der Waals surface area contributed by atoms with Gasteiger partial charge in [0.2, 0.25) is 0 Å². The Labute approximate surface area is 92.4 Å². The van der Waals surface area contributed by atoms with Gasteiger partial charge in [-0.05, 0) is 19.1 Å². The minimum atomic E-state index is -1.08. The summed E-state index contributed by atoms with van der Waals surface area (Å²) < 4.78 is -1.08. The molecule has 0 amide bonds. The van der Waals surface area contributed by atoms with Gasteiger partial charge in [-0.2, -0.15) is 0 Å². The van der Waals surface area contributed by atoms with Gasteiger partial charge in [0.05, 0.1) is 0 Å². The topological polar surface area (TPSA) is 0 Å². The smallest absolute Gasteiger partial charge is 0.0843 e. The second kappa shape index (κ2) is 5.93. The molecule has 0 aliphatic rings. The average molecular weight is 246 g/mol. The third-order valence-corrected chi connectivity index (χ3v) is 0.985. The average Bonchev–Trinajstić information content (AvgIpc) is 1.85. The van der Waals surface area contributed by atoms with E-state index < -0.39 is 3.79 Å². The molecule has 0 spiro atoms. The summed E-state index contributed by atoms with van der Waals surface area (Å²) in [5, 5.41) is 0.794. The van der Waals surface area contributed by atoms with Crippen LogP contribution in [-0.4, -0.2) is 3.79 Å². The SMILES string of the molecule is CC(Cl)(Cl)Cl.Clc1ccccc1. The predicted molar refractivity (Wildman–Crippen MR) is 57.4 cm³/mol. The lowest BCUT2D eigenvalue weighted by atomic mass is 10.4. The van der Waals surface area contributed by atoms with Gasteiger partial charge < -0.3 is 0 Å². The van der Waals surface area contributed by atoms with Crippen molar-refractivity contribution in [1.29, 1.82) is 0 Å². The van der Waals surface area contributed by atoms with Crippen molar-refractivity contribution < 1.29 is 0 Å². The van der Waals surface area contributed by atoms with Crippen LogP contribution in [-0.2, 0) is 0 Å². The zero-order valence-electron chi connectivity index (χ0n) is 6.40. The first-order valence-corrected chi connectivity index (χ1v) is 4.68. The summed E-state index contributed by atoms with van der Waals surface area (Å²) >= 11 is 20.7. The van der Waals surface area contributed by atoms with Crippen LogP contribution in [0.1, 0.15) is 6.92 Å². The second-order valence-electron chi connectivity index (χ2n) is 2.08. The van der Waals surface area contributed by atoms with Gasteiger partial charge in [-0.1, -0.05) is 64.6 Å². The normalized spacial score (nSPS) is 10.1. The van der Waals surface area contributed by atoms with E-state index in [9.17, 15) is 0 Å². The van der Waals surface area contributed by atoms with Crippen molar-refractivity contribution in [2.24, 2.45) is 0 Å². The van der Waals surface area contributed by atoms with Crippen molar-refractivity contribution in [3.8, 4) is 0 Å². The highest BCUT2D eigenvalue weighted by Gasteiger charge is 2.07. The van der Waals surface area contributed by atoms with Gasteiger partial charge in [-0.25, -0.2) is 0 Å². The summed E-state index contributed by atoms with van der Waals surface area (Å²) in [6.07, 6.45) is 0. The molecule has 0 atom stereocenters. The van der Waals surface area contributed by atoms with E-state index in [0.29, 0.717) is 0 Å². The van der Waals surface area contributed by atoms with E-state index >= 15 is 0 Å². The standard InChI is InChI=1S/C6H5Cl.C2H3Cl3/c7-6-4-2-1-3-5-6;1-2(3,4)5/h1-5H;1H3. The minimum absolute atomic E-state index is 0.794. The first kappa shape index (κ1) is 12.4. The Balaban J connectivity index is 0.000000217. The van der Waals surface area contributed by atoms with E-state index in [1.165, 1.54) is 6.92 Å². The third-order valence-electron chi connectivity index (χ3n) is 0.733. The number of rotatable bonds is 0. The van der Waals surface area contributed by atoms with Crippen LogP contribution >= 0.6 is 46.4 Å². The molecule has 0 bridgehead atoms. The molecular weight excluding hydrogens is 238 g/mol. The fourth-order valence-corrected chi connectivity index (χ4v) is 0.560. The van der Waals surface area contributed by atoms with Crippen LogP contribution in [0.2, 0.25) is 5.02 Å². The molecule has 0 saturated carbocycles. The summed E-state index contributed by atoms with van der Waals surface area (Å²) in [7, 11) is 0. The maximum Gasteiger partial charge on any atom is 0.187 e. The summed E-state index contributed by atoms with van der Waals surface area (Å²) in [6.45, 7) is 1.48. The molecule has 1 rings (SSSR count). The number of halogens is 4. The Morgan fingerprint density at radius 3 is 1.50 bits per heavy atom. The molecule has 12 heavy (non-hydrogen) atoms. The van der Waals surface area contributed by atoms with Gasteiger partial charge in [-0.15, -0.1) is 0 Å². The van der Waals surface area contributed by atoms with Crippen molar-refractivity contribution in [1.82, 2.24) is 0 Å². The molecule has 0 N–H and O–H groups in total. The van der Waals surface area contributed by atoms with Gasteiger partial charge in [0.25, 0.3) is 0 Å². The van der Waals surface area contributed by atoms with E-state index in [-0.39, 0.29) is 0 Å². The summed E-state index contributed by atoms with van der Waals surface area (Å²) in [4.78, 5) is 0. The summed E-state index contributed by atoms with van der Waals surface area (Å²) in [5.74, 6) is 0. The molecule has 0 aliphatic heterocycles. The molecule has 1 aromatic carbocycles. The number of hydrogen-bond acceptors (Lipinski definition) is 0. The molecule has 1 aromatic rings. The Kier molecular flexibility index (Phi) is 6.12. The third kappa shape index (κ3) is 13.0. The molecule has 0 radical (unpaired) electrons. The molecule has 68 valence electrons. The maximum atomic E-state index is 5.54. The van der Waals surface area contributed by atoms with Crippen LogP contribution < -0.4 is 0 Å². The quantitative estimate of drug-likeness (QED) is 0.581. The minimum Gasteiger partial charge on any atom is -0.0843 e. The lowest BCUT2D eigenvalue weighted by molar-refractivity contribution is 1.27. The number of alkyl halides is 3. The van der Waals surface area contributed by atoms with Crippen molar-refractivity contribution >= 4 is 46.4 Å². The molecule has 0 unspecified atom stereocenters. The van der Waals surface area contributed by atoms with Gasteiger partial charge in [0, 0.05) is 5.02 Å². The number of hydrogen-bond donors (Lipinski definition) is 0. The molecule has 0 aromatic heterocycles. The lowest BCUT2D eigenvalue weighted by Gasteiger charge is -1.94. The largest absolute Gasteiger partial charge is 0.187 e. The van der Waals surface area contributed by atoms with E-state index in [1.807, 2.05) is 30.3 Å². The first-order chi connectivity index (χ1) is 5.39. The zero-order valence-corrected chi connectivity index (χ0v) is 9.42. The maximum absolute atomic E-state index is 5.54. The van der Waals surface area contributed by atoms with E-state index in [4.69, 9.17) is 46.4 Å². The van der Waals surface area contributed by atoms with Crippen LogP contribution in [0.5, 0.6) is 0 Å².